The zero-order valence-corrected chi connectivity index (χ0v) is 16.1. The molecular formula is C19H15N3O4S2. The quantitative estimate of drug-likeness (QED) is 0.687. The number of thiophene rings is 1. The number of hydrogen-bond acceptors (Lipinski definition) is 5. The highest BCUT2D eigenvalue weighted by Gasteiger charge is 2.27. The van der Waals surface area contributed by atoms with Crippen LogP contribution in [0, 0.1) is 0 Å². The van der Waals surface area contributed by atoms with E-state index in [9.17, 15) is 18.0 Å². The number of carbonyl (C=O) groups is 2. The summed E-state index contributed by atoms with van der Waals surface area (Å²) in [5, 5.41) is 4.42. The number of hydrogen-bond donors (Lipinski definition) is 2. The first kappa shape index (κ1) is 18.2. The Hall–Kier alpha value is -3.17. The van der Waals surface area contributed by atoms with Crippen LogP contribution in [0.2, 0.25) is 0 Å². The number of sulfonamides is 1. The van der Waals surface area contributed by atoms with Crippen molar-refractivity contribution in [2.75, 3.05) is 21.5 Å². The molecule has 2 heterocycles. The highest BCUT2D eigenvalue weighted by molar-refractivity contribution is 7.94. The Morgan fingerprint density at radius 2 is 1.79 bits per heavy atom. The first-order valence-corrected chi connectivity index (χ1v) is 10.7. The van der Waals surface area contributed by atoms with Gasteiger partial charge in [0, 0.05) is 11.3 Å². The number of rotatable bonds is 4. The smallest absolute Gasteiger partial charge is 0.271 e. The van der Waals surface area contributed by atoms with Crippen LogP contribution in [0.4, 0.5) is 17.1 Å². The number of anilines is 3. The summed E-state index contributed by atoms with van der Waals surface area (Å²) in [7, 11) is -3.65. The summed E-state index contributed by atoms with van der Waals surface area (Å²) in [4.78, 5) is 26.2. The molecule has 1 aromatic heterocycles. The van der Waals surface area contributed by atoms with E-state index in [0.29, 0.717) is 22.6 Å². The van der Waals surface area contributed by atoms with Crippen LogP contribution >= 0.6 is 11.3 Å². The topological polar surface area (TPSA) is 95.6 Å². The molecule has 9 heteroatoms. The Labute approximate surface area is 165 Å². The fourth-order valence-corrected chi connectivity index (χ4v) is 4.92. The molecule has 0 atom stereocenters. The molecule has 0 saturated carbocycles. The Balaban J connectivity index is 1.56. The van der Waals surface area contributed by atoms with Crippen molar-refractivity contribution in [2.24, 2.45) is 0 Å². The molecule has 142 valence electrons. The summed E-state index contributed by atoms with van der Waals surface area (Å²) in [5.41, 5.74) is 1.90. The summed E-state index contributed by atoms with van der Waals surface area (Å²) < 4.78 is 27.3. The van der Waals surface area contributed by atoms with Crippen molar-refractivity contribution >= 4 is 50.2 Å². The molecule has 7 nitrogen and oxygen atoms in total. The van der Waals surface area contributed by atoms with Gasteiger partial charge in [-0.2, -0.15) is 0 Å². The lowest BCUT2D eigenvalue weighted by molar-refractivity contribution is -0.115. The number of benzene rings is 2. The SMILES string of the molecule is O=C1CN(C(=O)c2ccc(NS(=O)(=O)c3cccs3)cc2)c2ccccc2N1. The highest BCUT2D eigenvalue weighted by atomic mass is 32.2. The summed E-state index contributed by atoms with van der Waals surface area (Å²) in [6.45, 7) is -0.0807. The Morgan fingerprint density at radius 1 is 1.04 bits per heavy atom. The first-order valence-electron chi connectivity index (χ1n) is 8.31. The van der Waals surface area contributed by atoms with E-state index in [1.54, 1.807) is 35.7 Å². The molecule has 4 rings (SSSR count). The number of nitrogens with zero attached hydrogens (tertiary/aromatic N) is 1. The molecule has 2 aromatic carbocycles. The number of carbonyl (C=O) groups excluding carboxylic acids is 2. The van der Waals surface area contributed by atoms with E-state index < -0.39 is 10.0 Å². The lowest BCUT2D eigenvalue weighted by Gasteiger charge is -2.29. The summed E-state index contributed by atoms with van der Waals surface area (Å²) in [6.07, 6.45) is 0. The first-order chi connectivity index (χ1) is 13.4. The monoisotopic (exact) mass is 413 g/mol. The molecule has 0 aliphatic carbocycles. The third-order valence-corrected chi connectivity index (χ3v) is 6.94. The summed E-state index contributed by atoms with van der Waals surface area (Å²) in [6, 6.07) is 16.3. The van der Waals surface area contributed by atoms with Gasteiger partial charge in [0.25, 0.3) is 15.9 Å². The molecule has 0 spiro atoms. The zero-order chi connectivity index (χ0) is 19.7. The maximum Gasteiger partial charge on any atom is 0.271 e. The second-order valence-corrected chi connectivity index (χ2v) is 8.93. The van der Waals surface area contributed by atoms with E-state index in [1.807, 2.05) is 0 Å². The lowest BCUT2D eigenvalue weighted by Crippen LogP contribution is -2.42. The van der Waals surface area contributed by atoms with Crippen LogP contribution in [-0.2, 0) is 14.8 Å². The van der Waals surface area contributed by atoms with Crippen LogP contribution in [0.25, 0.3) is 0 Å². The largest absolute Gasteiger partial charge is 0.323 e. The number of nitrogens with one attached hydrogen (secondary N) is 2. The molecule has 0 radical (unpaired) electrons. The van der Waals surface area contributed by atoms with Crippen molar-refractivity contribution < 1.29 is 18.0 Å². The Morgan fingerprint density at radius 3 is 2.50 bits per heavy atom. The van der Waals surface area contributed by atoms with E-state index in [0.717, 1.165) is 11.3 Å². The highest BCUT2D eigenvalue weighted by Crippen LogP contribution is 2.30. The number of amides is 2. The minimum Gasteiger partial charge on any atom is -0.323 e. The second-order valence-electron chi connectivity index (χ2n) is 6.07. The average Bonchev–Trinajstić information content (AvgIpc) is 3.23. The van der Waals surface area contributed by atoms with E-state index in [2.05, 4.69) is 10.0 Å². The van der Waals surface area contributed by atoms with Gasteiger partial charge < -0.3 is 5.32 Å². The van der Waals surface area contributed by atoms with Crippen LogP contribution in [0.1, 0.15) is 10.4 Å². The van der Waals surface area contributed by atoms with Crippen LogP contribution in [0.5, 0.6) is 0 Å². The molecule has 2 amide bonds. The van der Waals surface area contributed by atoms with E-state index >= 15 is 0 Å². The van der Waals surface area contributed by atoms with Crippen LogP contribution in [0.15, 0.2) is 70.3 Å². The third-order valence-electron chi connectivity index (χ3n) is 4.16. The Kier molecular flexibility index (Phi) is 4.62. The maximum atomic E-state index is 12.9. The van der Waals surface area contributed by atoms with Gasteiger partial charge in [-0.3, -0.25) is 19.2 Å². The van der Waals surface area contributed by atoms with Gasteiger partial charge in [0.2, 0.25) is 5.91 Å². The predicted octanol–water partition coefficient (Wildman–Crippen LogP) is 3.15. The maximum absolute atomic E-state index is 12.9. The number of para-hydroxylation sites is 2. The summed E-state index contributed by atoms with van der Waals surface area (Å²) in [5.74, 6) is -0.609. The molecular weight excluding hydrogens is 398 g/mol. The lowest BCUT2D eigenvalue weighted by atomic mass is 10.1. The standard InChI is InChI=1S/C19H15N3O4S2/c23-17-12-22(16-5-2-1-4-15(16)20-17)19(24)13-7-9-14(10-8-13)21-28(25,26)18-6-3-11-27-18/h1-11,21H,12H2,(H,20,23). The van der Waals surface area contributed by atoms with E-state index in [4.69, 9.17) is 0 Å². The zero-order valence-electron chi connectivity index (χ0n) is 14.5. The molecule has 28 heavy (non-hydrogen) atoms. The fraction of sp³-hybridized carbons (Fsp3) is 0.0526. The van der Waals surface area contributed by atoms with Gasteiger partial charge >= 0.3 is 0 Å². The van der Waals surface area contributed by atoms with Gasteiger partial charge in [-0.25, -0.2) is 8.42 Å². The average molecular weight is 413 g/mol. The van der Waals surface area contributed by atoms with Gasteiger partial charge in [-0.1, -0.05) is 18.2 Å². The second kappa shape index (κ2) is 7.10. The predicted molar refractivity (Wildman–Crippen MR) is 108 cm³/mol. The minimum atomic E-state index is -3.65. The van der Waals surface area contributed by atoms with Crippen LogP contribution < -0.4 is 14.9 Å². The Bertz CT molecular complexity index is 1140. The molecule has 0 bridgehead atoms. The molecule has 3 aromatic rings. The summed E-state index contributed by atoms with van der Waals surface area (Å²) >= 11 is 1.12. The molecule has 0 fully saturated rings. The van der Waals surface area contributed by atoms with Gasteiger partial charge in [0.1, 0.15) is 10.8 Å². The fourth-order valence-electron chi connectivity index (χ4n) is 2.87. The van der Waals surface area contributed by atoms with Gasteiger partial charge in [-0.15, -0.1) is 11.3 Å². The minimum absolute atomic E-state index is 0.0807. The third kappa shape index (κ3) is 3.49. The molecule has 1 aliphatic heterocycles. The van der Waals surface area contributed by atoms with E-state index in [1.165, 1.54) is 35.2 Å². The molecule has 0 unspecified atom stereocenters. The van der Waals surface area contributed by atoms with Gasteiger partial charge in [0.15, 0.2) is 0 Å². The normalized spacial score (nSPS) is 13.6. The van der Waals surface area contributed by atoms with Gasteiger partial charge in [-0.05, 0) is 47.8 Å². The van der Waals surface area contributed by atoms with Crippen molar-refractivity contribution in [3.63, 3.8) is 0 Å². The molecule has 1 aliphatic rings. The van der Waals surface area contributed by atoms with Crippen LogP contribution in [0.3, 0.4) is 0 Å². The van der Waals surface area contributed by atoms with Crippen molar-refractivity contribution in [1.29, 1.82) is 0 Å². The van der Waals surface area contributed by atoms with Gasteiger partial charge in [0.05, 0.1) is 11.4 Å². The molecule has 0 saturated heterocycles. The van der Waals surface area contributed by atoms with Crippen molar-refractivity contribution in [3.05, 3.63) is 71.6 Å². The van der Waals surface area contributed by atoms with Crippen molar-refractivity contribution in [2.45, 2.75) is 4.21 Å². The molecule has 2 N–H and O–H groups in total. The van der Waals surface area contributed by atoms with Crippen molar-refractivity contribution in [1.82, 2.24) is 0 Å². The van der Waals surface area contributed by atoms with E-state index in [-0.39, 0.29) is 22.6 Å². The van der Waals surface area contributed by atoms with Crippen molar-refractivity contribution in [3.8, 4) is 0 Å². The number of fused-ring (bicyclic) bond motifs is 1. The van der Waals surface area contributed by atoms with Crippen LogP contribution in [-0.4, -0.2) is 26.8 Å².